The minimum absolute atomic E-state index is 0.0428. The number of aromatic carboxylic acids is 1. The fourth-order valence-electron chi connectivity index (χ4n) is 1.74. The van der Waals surface area contributed by atoms with E-state index in [4.69, 9.17) is 9.84 Å². The van der Waals surface area contributed by atoms with Gasteiger partial charge in [-0.15, -0.1) is 0 Å². The lowest BCUT2D eigenvalue weighted by molar-refractivity contribution is 0.0691. The maximum Gasteiger partial charge on any atom is 0.338 e. The van der Waals surface area contributed by atoms with Gasteiger partial charge in [0.25, 0.3) is 0 Å². The quantitative estimate of drug-likeness (QED) is 0.822. The minimum Gasteiger partial charge on any atom is -0.478 e. The Balaban J connectivity index is 3.14. The lowest BCUT2D eigenvalue weighted by atomic mass is 10.2. The lowest BCUT2D eigenvalue weighted by Crippen LogP contribution is -2.37. The number of nitrogens with zero attached hydrogens (tertiary/aromatic N) is 2. The monoisotopic (exact) mass is 270 g/mol. The number of halogens is 1. The average molecular weight is 270 g/mol. The molecule has 1 N–H and O–H groups in total. The highest BCUT2D eigenvalue weighted by atomic mass is 19.1. The van der Waals surface area contributed by atoms with E-state index in [1.165, 1.54) is 6.20 Å². The molecule has 0 aliphatic carbocycles. The van der Waals surface area contributed by atoms with Crippen molar-refractivity contribution in [2.75, 3.05) is 25.2 Å². The minimum atomic E-state index is -1.29. The van der Waals surface area contributed by atoms with E-state index < -0.39 is 11.8 Å². The highest BCUT2D eigenvalue weighted by Crippen LogP contribution is 2.22. The molecular formula is C13H19FN2O3. The number of hydrogen-bond donors (Lipinski definition) is 1. The molecule has 0 aromatic carbocycles. The van der Waals surface area contributed by atoms with Crippen molar-refractivity contribution in [3.05, 3.63) is 23.6 Å². The summed E-state index contributed by atoms with van der Waals surface area (Å²) in [6.45, 7) is 4.79. The second kappa shape index (κ2) is 7.04. The van der Waals surface area contributed by atoms with Crippen LogP contribution in [0.1, 0.15) is 30.6 Å². The molecule has 1 unspecified atom stereocenters. The summed E-state index contributed by atoms with van der Waals surface area (Å²) in [4.78, 5) is 16.6. The highest BCUT2D eigenvalue weighted by molar-refractivity contribution is 5.88. The summed E-state index contributed by atoms with van der Waals surface area (Å²) < 4.78 is 19.2. The van der Waals surface area contributed by atoms with Crippen molar-refractivity contribution in [1.82, 2.24) is 4.98 Å². The summed E-state index contributed by atoms with van der Waals surface area (Å²) in [5.74, 6) is -2.03. The molecule has 0 spiro atoms. The first kappa shape index (κ1) is 15.4. The molecule has 106 valence electrons. The number of pyridine rings is 1. The van der Waals surface area contributed by atoms with Gasteiger partial charge in [0.2, 0.25) is 0 Å². The van der Waals surface area contributed by atoms with Crippen LogP contribution in [0.25, 0.3) is 0 Å². The number of anilines is 1. The molecule has 1 heterocycles. The molecule has 0 saturated heterocycles. The maximum atomic E-state index is 14.2. The van der Waals surface area contributed by atoms with Gasteiger partial charge in [-0.05, 0) is 19.4 Å². The van der Waals surface area contributed by atoms with Crippen molar-refractivity contribution in [2.24, 2.45) is 0 Å². The van der Waals surface area contributed by atoms with Crippen molar-refractivity contribution in [2.45, 2.75) is 26.3 Å². The van der Waals surface area contributed by atoms with Crippen LogP contribution in [-0.2, 0) is 4.74 Å². The Morgan fingerprint density at radius 1 is 1.63 bits per heavy atom. The number of hydrogen-bond acceptors (Lipinski definition) is 4. The van der Waals surface area contributed by atoms with Crippen molar-refractivity contribution < 1.29 is 19.0 Å². The van der Waals surface area contributed by atoms with Gasteiger partial charge in [-0.25, -0.2) is 14.2 Å². The molecule has 0 radical (unpaired) electrons. The van der Waals surface area contributed by atoms with Crippen LogP contribution in [0.3, 0.4) is 0 Å². The normalized spacial score (nSPS) is 12.2. The van der Waals surface area contributed by atoms with Crippen LogP contribution in [0, 0.1) is 5.82 Å². The predicted molar refractivity (Wildman–Crippen MR) is 70.1 cm³/mol. The fraction of sp³-hybridized carbons (Fsp3) is 0.538. The Hall–Kier alpha value is -1.69. The molecular weight excluding hydrogens is 251 g/mol. The van der Waals surface area contributed by atoms with Gasteiger partial charge in [-0.1, -0.05) is 6.92 Å². The molecule has 6 heteroatoms. The Morgan fingerprint density at radius 3 is 2.84 bits per heavy atom. The van der Waals surface area contributed by atoms with Gasteiger partial charge in [-0.2, -0.15) is 0 Å². The summed E-state index contributed by atoms with van der Waals surface area (Å²) in [6, 6.07) is 1.20. The van der Waals surface area contributed by atoms with E-state index in [-0.39, 0.29) is 17.4 Å². The zero-order chi connectivity index (χ0) is 14.4. The van der Waals surface area contributed by atoms with Crippen LogP contribution >= 0.6 is 0 Å². The Kier molecular flexibility index (Phi) is 5.69. The van der Waals surface area contributed by atoms with Crippen LogP contribution in [-0.4, -0.2) is 42.4 Å². The molecule has 0 aliphatic heterocycles. The molecule has 5 nitrogen and oxygen atoms in total. The van der Waals surface area contributed by atoms with Gasteiger partial charge < -0.3 is 14.7 Å². The molecule has 1 aromatic rings. The second-order valence-corrected chi connectivity index (χ2v) is 4.24. The highest BCUT2D eigenvalue weighted by Gasteiger charge is 2.22. The third kappa shape index (κ3) is 3.64. The largest absolute Gasteiger partial charge is 0.478 e. The molecule has 0 fully saturated rings. The van der Waals surface area contributed by atoms with Crippen LogP contribution in [0.2, 0.25) is 0 Å². The smallest absolute Gasteiger partial charge is 0.338 e. The lowest BCUT2D eigenvalue weighted by Gasteiger charge is -2.29. The Labute approximate surface area is 112 Å². The van der Waals surface area contributed by atoms with E-state index in [2.05, 4.69) is 4.98 Å². The second-order valence-electron chi connectivity index (χ2n) is 4.24. The first-order valence-corrected chi connectivity index (χ1v) is 6.16. The van der Waals surface area contributed by atoms with Gasteiger partial charge in [0, 0.05) is 25.9 Å². The summed E-state index contributed by atoms with van der Waals surface area (Å²) in [6.07, 6.45) is 2.10. The van der Waals surface area contributed by atoms with Crippen molar-refractivity contribution in [1.29, 1.82) is 0 Å². The average Bonchev–Trinajstić information content (AvgIpc) is 2.39. The third-order valence-corrected chi connectivity index (χ3v) is 3.03. The molecule has 1 aromatic heterocycles. The zero-order valence-corrected chi connectivity index (χ0v) is 11.4. The summed E-state index contributed by atoms with van der Waals surface area (Å²) >= 11 is 0. The number of aromatic nitrogens is 1. The zero-order valence-electron chi connectivity index (χ0n) is 11.4. The topological polar surface area (TPSA) is 62.7 Å². The van der Waals surface area contributed by atoms with Gasteiger partial charge in [0.1, 0.15) is 5.56 Å². The third-order valence-electron chi connectivity index (χ3n) is 3.03. The SMILES string of the molecule is CCC(C)N(CCOC)c1nccc(C(=O)O)c1F. The molecule has 19 heavy (non-hydrogen) atoms. The molecule has 1 atom stereocenters. The number of ether oxygens (including phenoxy) is 1. The predicted octanol–water partition coefficient (Wildman–Crippen LogP) is 2.17. The fourth-order valence-corrected chi connectivity index (χ4v) is 1.74. The van der Waals surface area contributed by atoms with E-state index in [0.29, 0.717) is 13.2 Å². The number of rotatable bonds is 7. The van der Waals surface area contributed by atoms with Gasteiger partial charge in [0.15, 0.2) is 11.6 Å². The van der Waals surface area contributed by atoms with Crippen molar-refractivity contribution in [3.8, 4) is 0 Å². The maximum absolute atomic E-state index is 14.2. The first-order chi connectivity index (χ1) is 9.02. The number of carbonyl (C=O) groups is 1. The Morgan fingerprint density at radius 2 is 2.32 bits per heavy atom. The summed E-state index contributed by atoms with van der Waals surface area (Å²) in [5.41, 5.74) is -0.365. The molecule has 0 saturated carbocycles. The van der Waals surface area contributed by atoms with Gasteiger partial charge >= 0.3 is 5.97 Å². The van der Waals surface area contributed by atoms with Gasteiger partial charge in [-0.3, -0.25) is 0 Å². The standard InChI is InChI=1S/C13H19FN2O3/c1-4-9(2)16(7-8-19-3)12-11(14)10(13(17)18)5-6-15-12/h5-6,9H,4,7-8H2,1-3H3,(H,17,18). The number of carboxylic acid groups (broad SMARTS) is 1. The molecule has 0 amide bonds. The van der Waals surface area contributed by atoms with E-state index >= 15 is 0 Å². The van der Waals surface area contributed by atoms with E-state index in [1.807, 2.05) is 13.8 Å². The first-order valence-electron chi connectivity index (χ1n) is 6.16. The van der Waals surface area contributed by atoms with Crippen LogP contribution in [0.5, 0.6) is 0 Å². The van der Waals surface area contributed by atoms with E-state index in [0.717, 1.165) is 12.5 Å². The van der Waals surface area contributed by atoms with E-state index in [1.54, 1.807) is 12.0 Å². The molecule has 1 rings (SSSR count). The van der Waals surface area contributed by atoms with Crippen molar-refractivity contribution in [3.63, 3.8) is 0 Å². The summed E-state index contributed by atoms with van der Waals surface area (Å²) in [5, 5.41) is 8.93. The van der Waals surface area contributed by atoms with Crippen LogP contribution < -0.4 is 4.90 Å². The summed E-state index contributed by atoms with van der Waals surface area (Å²) in [7, 11) is 1.56. The van der Waals surface area contributed by atoms with Crippen LogP contribution in [0.15, 0.2) is 12.3 Å². The van der Waals surface area contributed by atoms with Gasteiger partial charge in [0.05, 0.1) is 6.61 Å². The van der Waals surface area contributed by atoms with Crippen molar-refractivity contribution >= 4 is 11.8 Å². The molecule has 0 aliphatic rings. The number of methoxy groups -OCH3 is 1. The number of carboxylic acids is 1. The Bertz CT molecular complexity index is 440. The van der Waals surface area contributed by atoms with Crippen LogP contribution in [0.4, 0.5) is 10.2 Å². The van der Waals surface area contributed by atoms with E-state index in [9.17, 15) is 9.18 Å². The molecule has 0 bridgehead atoms.